The summed E-state index contributed by atoms with van der Waals surface area (Å²) in [5.74, 6) is 1.53. The molecular formula is C21H29N3O4S. The molecule has 1 aliphatic rings. The van der Waals surface area contributed by atoms with E-state index < -0.39 is 10.0 Å². The van der Waals surface area contributed by atoms with Gasteiger partial charge in [0.2, 0.25) is 10.0 Å². The molecule has 0 atom stereocenters. The predicted molar refractivity (Wildman–Crippen MR) is 112 cm³/mol. The molecule has 0 radical (unpaired) electrons. The first kappa shape index (κ1) is 21.5. The molecule has 2 aromatic rings. The summed E-state index contributed by atoms with van der Waals surface area (Å²) >= 11 is 0. The van der Waals surface area contributed by atoms with E-state index in [1.807, 2.05) is 0 Å². The first-order valence-electron chi connectivity index (χ1n) is 9.93. The average Bonchev–Trinajstić information content (AvgIpc) is 3.22. The second kappa shape index (κ2) is 8.69. The smallest absolute Gasteiger partial charge is 0.259 e. The second-order valence-electron chi connectivity index (χ2n) is 8.04. The Morgan fingerprint density at radius 2 is 1.97 bits per heavy atom. The molecule has 0 saturated carbocycles. The maximum absolute atomic E-state index is 13.1. The van der Waals surface area contributed by atoms with Gasteiger partial charge in [0.25, 0.3) is 5.91 Å². The minimum atomic E-state index is -3.84. The number of anilines is 1. The lowest BCUT2D eigenvalue weighted by Crippen LogP contribution is -2.22. The van der Waals surface area contributed by atoms with Crippen molar-refractivity contribution in [2.24, 2.45) is 11.1 Å². The zero-order valence-electron chi connectivity index (χ0n) is 17.2. The Morgan fingerprint density at radius 1 is 1.28 bits per heavy atom. The van der Waals surface area contributed by atoms with E-state index in [-0.39, 0.29) is 10.8 Å². The van der Waals surface area contributed by atoms with Crippen LogP contribution in [0, 0.1) is 12.8 Å². The summed E-state index contributed by atoms with van der Waals surface area (Å²) in [7, 11) is -3.84. The Kier molecular flexibility index (Phi) is 6.45. The summed E-state index contributed by atoms with van der Waals surface area (Å²) in [5.41, 5.74) is 1.84. The van der Waals surface area contributed by atoms with E-state index in [1.165, 1.54) is 12.1 Å². The quantitative estimate of drug-likeness (QED) is 0.716. The molecule has 1 saturated heterocycles. The Labute approximate surface area is 172 Å². The molecule has 1 aromatic heterocycles. The monoisotopic (exact) mass is 419 g/mol. The molecule has 29 heavy (non-hydrogen) atoms. The van der Waals surface area contributed by atoms with Gasteiger partial charge in [-0.2, -0.15) is 0 Å². The van der Waals surface area contributed by atoms with E-state index in [4.69, 9.17) is 9.56 Å². The molecule has 158 valence electrons. The first-order valence-corrected chi connectivity index (χ1v) is 11.5. The van der Waals surface area contributed by atoms with Gasteiger partial charge in [-0.25, -0.2) is 13.6 Å². The highest BCUT2D eigenvalue weighted by molar-refractivity contribution is 7.89. The number of hydrogen-bond acceptors (Lipinski definition) is 5. The summed E-state index contributed by atoms with van der Waals surface area (Å²) in [6.45, 7) is 8.75. The molecule has 3 rings (SSSR count). The molecule has 0 spiro atoms. The third-order valence-corrected chi connectivity index (χ3v) is 6.00. The SMILES string of the molecule is Cc1oc(CC(C)C)c(CN2CCCC2)c1C(=O)Nc1cccc(S(N)(=O)=O)c1. The van der Waals surface area contributed by atoms with Crippen molar-refractivity contribution in [3.05, 3.63) is 46.9 Å². The van der Waals surface area contributed by atoms with Gasteiger partial charge in [0.1, 0.15) is 11.5 Å². The number of nitrogens with two attached hydrogens (primary N) is 1. The summed E-state index contributed by atoms with van der Waals surface area (Å²) in [4.78, 5) is 15.4. The molecular weight excluding hydrogens is 390 g/mol. The maximum Gasteiger partial charge on any atom is 0.259 e. The number of nitrogens with one attached hydrogen (secondary N) is 1. The molecule has 2 heterocycles. The van der Waals surface area contributed by atoms with Crippen molar-refractivity contribution in [3.8, 4) is 0 Å². The number of primary sulfonamides is 1. The van der Waals surface area contributed by atoms with Crippen LogP contribution in [0.4, 0.5) is 5.69 Å². The van der Waals surface area contributed by atoms with Crippen LogP contribution in [0.15, 0.2) is 33.6 Å². The van der Waals surface area contributed by atoms with Crippen molar-refractivity contribution in [2.75, 3.05) is 18.4 Å². The van der Waals surface area contributed by atoms with Gasteiger partial charge in [-0.1, -0.05) is 19.9 Å². The van der Waals surface area contributed by atoms with Crippen LogP contribution in [-0.4, -0.2) is 32.3 Å². The third kappa shape index (κ3) is 5.26. The Bertz CT molecular complexity index is 989. The number of sulfonamides is 1. The number of amides is 1. The molecule has 0 unspecified atom stereocenters. The zero-order chi connectivity index (χ0) is 21.2. The van der Waals surface area contributed by atoms with Gasteiger partial charge in [-0.15, -0.1) is 0 Å². The van der Waals surface area contributed by atoms with E-state index in [1.54, 1.807) is 19.1 Å². The summed E-state index contributed by atoms with van der Waals surface area (Å²) in [6.07, 6.45) is 3.09. The van der Waals surface area contributed by atoms with E-state index in [0.717, 1.165) is 43.7 Å². The number of carbonyl (C=O) groups is 1. The number of nitrogens with zero attached hydrogens (tertiary/aromatic N) is 1. The van der Waals surface area contributed by atoms with Crippen molar-refractivity contribution >= 4 is 21.6 Å². The number of likely N-dealkylation sites (tertiary alicyclic amines) is 1. The van der Waals surface area contributed by atoms with Crippen LogP contribution in [0.3, 0.4) is 0 Å². The van der Waals surface area contributed by atoms with E-state index >= 15 is 0 Å². The predicted octanol–water partition coefficient (Wildman–Crippen LogP) is 3.28. The van der Waals surface area contributed by atoms with Gasteiger partial charge in [-0.3, -0.25) is 9.69 Å². The van der Waals surface area contributed by atoms with E-state index in [0.29, 0.717) is 29.5 Å². The van der Waals surface area contributed by atoms with Crippen LogP contribution in [0.25, 0.3) is 0 Å². The molecule has 1 aromatic carbocycles. The van der Waals surface area contributed by atoms with Gasteiger partial charge in [0.15, 0.2) is 0 Å². The van der Waals surface area contributed by atoms with Crippen molar-refractivity contribution in [1.29, 1.82) is 0 Å². The van der Waals surface area contributed by atoms with Gasteiger partial charge in [0, 0.05) is 24.2 Å². The van der Waals surface area contributed by atoms with Crippen LogP contribution in [0.5, 0.6) is 0 Å². The number of carbonyl (C=O) groups excluding carboxylic acids is 1. The molecule has 1 aliphatic heterocycles. The standard InChI is InChI=1S/C21H29N3O4S/c1-14(2)11-19-18(13-24-9-4-5-10-24)20(15(3)28-19)21(25)23-16-7-6-8-17(12-16)29(22,26)27/h6-8,12,14H,4-5,9-11,13H2,1-3H3,(H,23,25)(H2,22,26,27). The molecule has 0 bridgehead atoms. The van der Waals surface area contributed by atoms with Crippen molar-refractivity contribution in [3.63, 3.8) is 0 Å². The third-order valence-electron chi connectivity index (χ3n) is 5.09. The van der Waals surface area contributed by atoms with Crippen molar-refractivity contribution in [1.82, 2.24) is 4.90 Å². The minimum Gasteiger partial charge on any atom is -0.465 e. The molecule has 3 N–H and O–H groups in total. The molecule has 1 fully saturated rings. The average molecular weight is 420 g/mol. The Balaban J connectivity index is 1.92. The largest absolute Gasteiger partial charge is 0.465 e. The lowest BCUT2D eigenvalue weighted by Gasteiger charge is -2.16. The lowest BCUT2D eigenvalue weighted by molar-refractivity contribution is 0.102. The molecule has 1 amide bonds. The number of rotatable bonds is 7. The Morgan fingerprint density at radius 3 is 2.59 bits per heavy atom. The van der Waals surface area contributed by atoms with Crippen molar-refractivity contribution in [2.45, 2.75) is 51.5 Å². The van der Waals surface area contributed by atoms with Gasteiger partial charge < -0.3 is 9.73 Å². The van der Waals surface area contributed by atoms with Crippen LogP contribution in [-0.2, 0) is 23.0 Å². The van der Waals surface area contributed by atoms with Crippen molar-refractivity contribution < 1.29 is 17.6 Å². The first-order chi connectivity index (χ1) is 13.6. The topological polar surface area (TPSA) is 106 Å². The zero-order valence-corrected chi connectivity index (χ0v) is 18.0. The van der Waals surface area contributed by atoms with Crippen LogP contribution in [0.2, 0.25) is 0 Å². The summed E-state index contributed by atoms with van der Waals surface area (Å²) in [6, 6.07) is 5.94. The number of hydrogen-bond donors (Lipinski definition) is 2. The highest BCUT2D eigenvalue weighted by Gasteiger charge is 2.26. The minimum absolute atomic E-state index is 0.0444. The molecule has 8 heteroatoms. The van der Waals surface area contributed by atoms with Crippen LogP contribution < -0.4 is 10.5 Å². The number of furan rings is 1. The van der Waals surface area contributed by atoms with Crippen LogP contribution in [0.1, 0.15) is 54.1 Å². The fourth-order valence-corrected chi connectivity index (χ4v) is 4.32. The summed E-state index contributed by atoms with van der Waals surface area (Å²) in [5, 5.41) is 8.00. The molecule has 7 nitrogen and oxygen atoms in total. The van der Waals surface area contributed by atoms with E-state index in [2.05, 4.69) is 24.1 Å². The fourth-order valence-electron chi connectivity index (χ4n) is 3.76. The van der Waals surface area contributed by atoms with Crippen LogP contribution >= 0.6 is 0 Å². The fraction of sp³-hybridized carbons (Fsp3) is 0.476. The highest BCUT2D eigenvalue weighted by Crippen LogP contribution is 2.28. The lowest BCUT2D eigenvalue weighted by atomic mass is 10.0. The Hall–Kier alpha value is -2.16. The summed E-state index contributed by atoms with van der Waals surface area (Å²) < 4.78 is 29.2. The van der Waals surface area contributed by atoms with Gasteiger partial charge >= 0.3 is 0 Å². The second-order valence-corrected chi connectivity index (χ2v) is 9.60. The maximum atomic E-state index is 13.1. The number of benzene rings is 1. The van der Waals surface area contributed by atoms with Gasteiger partial charge in [-0.05, 0) is 57.0 Å². The normalized spacial score (nSPS) is 15.2. The van der Waals surface area contributed by atoms with Gasteiger partial charge in [0.05, 0.1) is 10.5 Å². The number of aryl methyl sites for hydroxylation is 1. The van der Waals surface area contributed by atoms with E-state index in [9.17, 15) is 13.2 Å². The molecule has 0 aliphatic carbocycles. The highest BCUT2D eigenvalue weighted by atomic mass is 32.2.